The zero-order chi connectivity index (χ0) is 17.3. The summed E-state index contributed by atoms with van der Waals surface area (Å²) in [6, 6.07) is 5.65. The SMILES string of the molecule is Cc1cc(C(=O)N2C[C@@H]3CCC[C@]3(COCc3cccnc3)C2)no1. The summed E-state index contributed by atoms with van der Waals surface area (Å²) in [7, 11) is 0. The molecule has 2 aromatic rings. The molecule has 0 unspecified atom stereocenters. The third kappa shape index (κ3) is 3.18. The van der Waals surface area contributed by atoms with Crippen LogP contribution in [0.3, 0.4) is 0 Å². The summed E-state index contributed by atoms with van der Waals surface area (Å²) in [6.45, 7) is 4.60. The molecule has 0 spiro atoms. The smallest absolute Gasteiger partial charge is 0.276 e. The highest BCUT2D eigenvalue weighted by Crippen LogP contribution is 2.49. The fraction of sp³-hybridized carbons (Fsp3) is 0.526. The van der Waals surface area contributed by atoms with Gasteiger partial charge in [0.05, 0.1) is 13.2 Å². The third-order valence-corrected chi connectivity index (χ3v) is 5.56. The molecule has 1 saturated carbocycles. The van der Waals surface area contributed by atoms with Crippen LogP contribution < -0.4 is 0 Å². The molecule has 0 aromatic carbocycles. The van der Waals surface area contributed by atoms with E-state index in [2.05, 4.69) is 10.1 Å². The van der Waals surface area contributed by atoms with Gasteiger partial charge in [-0.2, -0.15) is 0 Å². The zero-order valence-corrected chi connectivity index (χ0v) is 14.5. The number of aromatic nitrogens is 2. The Balaban J connectivity index is 1.41. The molecular weight excluding hydrogens is 318 g/mol. The second-order valence-corrected chi connectivity index (χ2v) is 7.31. The summed E-state index contributed by atoms with van der Waals surface area (Å²) in [6.07, 6.45) is 7.10. The van der Waals surface area contributed by atoms with E-state index in [4.69, 9.17) is 9.26 Å². The van der Waals surface area contributed by atoms with Gasteiger partial charge in [0.25, 0.3) is 5.91 Å². The Kier molecular flexibility index (Phi) is 4.29. The standard InChI is InChI=1S/C19H23N3O3/c1-14-8-17(21-25-14)18(23)22-10-16-5-2-6-19(16,12-22)13-24-11-15-4-3-7-20-9-15/h3-4,7-9,16H,2,5-6,10-13H2,1H3/t16-,19+/m0/s1. The number of amides is 1. The van der Waals surface area contributed by atoms with Crippen LogP contribution in [0.15, 0.2) is 35.1 Å². The topological polar surface area (TPSA) is 68.5 Å². The Bertz CT molecular complexity index is 745. The highest BCUT2D eigenvalue weighted by molar-refractivity contribution is 5.92. The Morgan fingerprint density at radius 2 is 2.44 bits per heavy atom. The van der Waals surface area contributed by atoms with Crippen molar-refractivity contribution in [3.05, 3.63) is 47.6 Å². The molecule has 2 aliphatic rings. The van der Waals surface area contributed by atoms with Crippen LogP contribution in [-0.2, 0) is 11.3 Å². The van der Waals surface area contributed by atoms with Crippen molar-refractivity contribution < 1.29 is 14.1 Å². The first kappa shape index (κ1) is 16.3. The van der Waals surface area contributed by atoms with Crippen molar-refractivity contribution >= 4 is 5.91 Å². The Hall–Kier alpha value is -2.21. The number of hydrogen-bond acceptors (Lipinski definition) is 5. The highest BCUT2D eigenvalue weighted by Gasteiger charge is 2.51. The predicted octanol–water partition coefficient (Wildman–Crippen LogP) is 2.84. The number of likely N-dealkylation sites (tertiary alicyclic amines) is 1. The highest BCUT2D eigenvalue weighted by atomic mass is 16.5. The molecule has 1 saturated heterocycles. The summed E-state index contributed by atoms with van der Waals surface area (Å²) in [5, 5.41) is 3.87. The number of pyridine rings is 1. The molecule has 2 atom stereocenters. The maximum absolute atomic E-state index is 12.7. The van der Waals surface area contributed by atoms with Gasteiger partial charge < -0.3 is 14.2 Å². The van der Waals surface area contributed by atoms with Gasteiger partial charge in [0.15, 0.2) is 5.69 Å². The minimum atomic E-state index is -0.0297. The third-order valence-electron chi connectivity index (χ3n) is 5.56. The van der Waals surface area contributed by atoms with Gasteiger partial charge in [0.2, 0.25) is 0 Å². The van der Waals surface area contributed by atoms with E-state index < -0.39 is 0 Å². The monoisotopic (exact) mass is 341 g/mol. The van der Waals surface area contributed by atoms with Crippen molar-refractivity contribution in [3.8, 4) is 0 Å². The second kappa shape index (κ2) is 6.59. The van der Waals surface area contributed by atoms with E-state index in [-0.39, 0.29) is 11.3 Å². The van der Waals surface area contributed by atoms with Crippen LogP contribution in [0.1, 0.15) is 41.1 Å². The predicted molar refractivity (Wildman–Crippen MR) is 90.8 cm³/mol. The van der Waals surface area contributed by atoms with E-state index >= 15 is 0 Å². The van der Waals surface area contributed by atoms with Crippen LogP contribution in [0.2, 0.25) is 0 Å². The van der Waals surface area contributed by atoms with E-state index in [1.807, 2.05) is 23.2 Å². The molecule has 2 aromatic heterocycles. The lowest BCUT2D eigenvalue weighted by atomic mass is 9.81. The molecule has 2 fully saturated rings. The van der Waals surface area contributed by atoms with Gasteiger partial charge in [-0.1, -0.05) is 17.6 Å². The number of hydrogen-bond donors (Lipinski definition) is 0. The molecule has 0 bridgehead atoms. The number of carbonyl (C=O) groups excluding carboxylic acids is 1. The largest absolute Gasteiger partial charge is 0.376 e. The van der Waals surface area contributed by atoms with E-state index in [1.54, 1.807) is 19.2 Å². The molecule has 6 heteroatoms. The summed E-state index contributed by atoms with van der Waals surface area (Å²) >= 11 is 0. The maximum Gasteiger partial charge on any atom is 0.276 e. The molecule has 1 aliphatic heterocycles. The minimum absolute atomic E-state index is 0.0297. The fourth-order valence-electron chi connectivity index (χ4n) is 4.29. The average Bonchev–Trinajstić information content (AvgIpc) is 3.29. The van der Waals surface area contributed by atoms with E-state index in [1.165, 1.54) is 6.42 Å². The minimum Gasteiger partial charge on any atom is -0.376 e. The van der Waals surface area contributed by atoms with Crippen LogP contribution in [0.25, 0.3) is 0 Å². The number of aryl methyl sites for hydroxylation is 1. The van der Waals surface area contributed by atoms with Crippen LogP contribution in [0.4, 0.5) is 0 Å². The normalized spacial score (nSPS) is 25.3. The van der Waals surface area contributed by atoms with Crippen molar-refractivity contribution in [1.82, 2.24) is 15.0 Å². The number of ether oxygens (including phenoxy) is 1. The Morgan fingerprint density at radius 3 is 3.20 bits per heavy atom. The zero-order valence-electron chi connectivity index (χ0n) is 14.5. The average molecular weight is 341 g/mol. The van der Waals surface area contributed by atoms with Crippen LogP contribution in [0.5, 0.6) is 0 Å². The number of nitrogens with zero attached hydrogens (tertiary/aromatic N) is 3. The molecule has 132 valence electrons. The lowest BCUT2D eigenvalue weighted by Gasteiger charge is -2.28. The van der Waals surface area contributed by atoms with Gasteiger partial charge in [-0.05, 0) is 37.3 Å². The van der Waals surface area contributed by atoms with E-state index in [9.17, 15) is 4.79 Å². The fourth-order valence-corrected chi connectivity index (χ4v) is 4.29. The van der Waals surface area contributed by atoms with Crippen molar-refractivity contribution in [2.24, 2.45) is 11.3 Å². The van der Waals surface area contributed by atoms with Gasteiger partial charge in [0, 0.05) is 37.0 Å². The first-order valence-electron chi connectivity index (χ1n) is 8.85. The van der Waals surface area contributed by atoms with Gasteiger partial charge in [-0.25, -0.2) is 0 Å². The summed E-state index contributed by atoms with van der Waals surface area (Å²) in [4.78, 5) is 18.7. The van der Waals surface area contributed by atoms with E-state index in [0.29, 0.717) is 30.6 Å². The van der Waals surface area contributed by atoms with Crippen LogP contribution in [0, 0.1) is 18.3 Å². The van der Waals surface area contributed by atoms with Gasteiger partial charge in [-0.15, -0.1) is 0 Å². The summed E-state index contributed by atoms with van der Waals surface area (Å²) < 4.78 is 11.1. The molecule has 25 heavy (non-hydrogen) atoms. The molecule has 0 N–H and O–H groups in total. The van der Waals surface area contributed by atoms with Crippen LogP contribution in [-0.4, -0.2) is 40.6 Å². The quantitative estimate of drug-likeness (QED) is 0.836. The summed E-state index contributed by atoms with van der Waals surface area (Å²) in [5.74, 6) is 1.15. The molecule has 4 rings (SSSR count). The van der Waals surface area contributed by atoms with E-state index in [0.717, 1.165) is 31.5 Å². The first-order valence-corrected chi connectivity index (χ1v) is 8.85. The molecule has 0 radical (unpaired) electrons. The molecule has 3 heterocycles. The molecule has 1 amide bonds. The number of fused-ring (bicyclic) bond motifs is 1. The Labute approximate surface area is 147 Å². The lowest BCUT2D eigenvalue weighted by molar-refractivity contribution is 0.0263. The van der Waals surface area contributed by atoms with Crippen molar-refractivity contribution in [2.75, 3.05) is 19.7 Å². The Morgan fingerprint density at radius 1 is 1.52 bits per heavy atom. The van der Waals surface area contributed by atoms with Crippen molar-refractivity contribution in [2.45, 2.75) is 32.8 Å². The maximum atomic E-state index is 12.7. The van der Waals surface area contributed by atoms with Crippen molar-refractivity contribution in [1.29, 1.82) is 0 Å². The molecule has 1 aliphatic carbocycles. The van der Waals surface area contributed by atoms with Crippen molar-refractivity contribution in [3.63, 3.8) is 0 Å². The molecule has 6 nitrogen and oxygen atoms in total. The number of rotatable bonds is 5. The number of carbonyl (C=O) groups is 1. The first-order chi connectivity index (χ1) is 12.2. The second-order valence-electron chi connectivity index (χ2n) is 7.31. The summed E-state index contributed by atoms with van der Waals surface area (Å²) in [5.41, 5.74) is 1.57. The van der Waals surface area contributed by atoms with Crippen LogP contribution >= 0.6 is 0 Å². The van der Waals surface area contributed by atoms with Gasteiger partial charge >= 0.3 is 0 Å². The van der Waals surface area contributed by atoms with Gasteiger partial charge in [-0.3, -0.25) is 9.78 Å². The molecular formula is C19H23N3O3. The van der Waals surface area contributed by atoms with Gasteiger partial charge in [0.1, 0.15) is 5.76 Å². The lowest BCUT2D eigenvalue weighted by Crippen LogP contribution is -2.34.